The number of unbranched alkanes of at least 4 members (excludes halogenated alkanes) is 2. The molecule has 0 aromatic carbocycles. The molecule has 3 nitrogen and oxygen atoms in total. The summed E-state index contributed by atoms with van der Waals surface area (Å²) in [4.78, 5) is 13.4. The van der Waals surface area contributed by atoms with Gasteiger partial charge < -0.3 is 9.64 Å². The molecule has 1 aliphatic rings. The number of hydrogen-bond donors (Lipinski definition) is 0. The van der Waals surface area contributed by atoms with E-state index in [2.05, 4.69) is 6.92 Å². The standard InChI is InChI=1S/C12H23NO2/c1-3-4-5-8-11-9-6-7-10-13(11)12(14)15-2/h11H,3-10H2,1-2H3/t11-/m0/s1. The van der Waals surface area contributed by atoms with Crippen LogP contribution >= 0.6 is 0 Å². The van der Waals surface area contributed by atoms with Crippen LogP contribution in [0.2, 0.25) is 0 Å². The summed E-state index contributed by atoms with van der Waals surface area (Å²) in [5, 5.41) is 0. The van der Waals surface area contributed by atoms with E-state index in [0.717, 1.165) is 25.8 Å². The number of carbonyl (C=O) groups is 1. The molecule has 0 aromatic heterocycles. The molecule has 0 saturated carbocycles. The van der Waals surface area contributed by atoms with Gasteiger partial charge in [-0.25, -0.2) is 4.79 Å². The molecule has 3 heteroatoms. The summed E-state index contributed by atoms with van der Waals surface area (Å²) in [6.07, 6.45) is 8.27. The van der Waals surface area contributed by atoms with E-state index in [0.29, 0.717) is 6.04 Å². The second-order valence-electron chi connectivity index (χ2n) is 4.31. The first-order valence-corrected chi connectivity index (χ1v) is 6.14. The van der Waals surface area contributed by atoms with E-state index in [9.17, 15) is 4.79 Å². The van der Waals surface area contributed by atoms with E-state index >= 15 is 0 Å². The number of methoxy groups -OCH3 is 1. The highest BCUT2D eigenvalue weighted by Gasteiger charge is 2.26. The number of amides is 1. The summed E-state index contributed by atoms with van der Waals surface area (Å²) in [5.74, 6) is 0. The molecule has 1 amide bonds. The van der Waals surface area contributed by atoms with Crippen molar-refractivity contribution in [2.75, 3.05) is 13.7 Å². The minimum atomic E-state index is -0.142. The van der Waals surface area contributed by atoms with Gasteiger partial charge in [-0.05, 0) is 25.7 Å². The van der Waals surface area contributed by atoms with Crippen LogP contribution in [0.4, 0.5) is 4.79 Å². The summed E-state index contributed by atoms with van der Waals surface area (Å²) in [6, 6.07) is 0.428. The highest BCUT2D eigenvalue weighted by molar-refractivity contribution is 5.67. The Balaban J connectivity index is 2.39. The van der Waals surface area contributed by atoms with Gasteiger partial charge in [0.05, 0.1) is 7.11 Å². The Kier molecular flexibility index (Phi) is 5.51. The van der Waals surface area contributed by atoms with Crippen LogP contribution < -0.4 is 0 Å². The molecular formula is C12H23NO2. The molecule has 15 heavy (non-hydrogen) atoms. The molecule has 1 saturated heterocycles. The van der Waals surface area contributed by atoms with Crippen LogP contribution in [0, 0.1) is 0 Å². The Bertz CT molecular complexity index is 194. The van der Waals surface area contributed by atoms with E-state index in [1.54, 1.807) is 0 Å². The molecule has 1 rings (SSSR count). The molecule has 0 aliphatic carbocycles. The molecule has 0 bridgehead atoms. The van der Waals surface area contributed by atoms with Gasteiger partial charge in [-0.3, -0.25) is 0 Å². The number of hydrogen-bond acceptors (Lipinski definition) is 2. The molecule has 88 valence electrons. The van der Waals surface area contributed by atoms with Crippen LogP contribution in [-0.4, -0.2) is 30.7 Å². The van der Waals surface area contributed by atoms with Crippen LogP contribution in [0.5, 0.6) is 0 Å². The molecule has 1 atom stereocenters. The Labute approximate surface area is 92.8 Å². The van der Waals surface area contributed by atoms with Crippen molar-refractivity contribution in [1.29, 1.82) is 0 Å². The normalized spacial score (nSPS) is 21.5. The van der Waals surface area contributed by atoms with E-state index in [-0.39, 0.29) is 6.09 Å². The maximum atomic E-state index is 11.5. The Hall–Kier alpha value is -0.730. The van der Waals surface area contributed by atoms with E-state index in [1.165, 1.54) is 32.8 Å². The summed E-state index contributed by atoms with van der Waals surface area (Å²) in [6.45, 7) is 3.09. The Morgan fingerprint density at radius 1 is 1.40 bits per heavy atom. The van der Waals surface area contributed by atoms with Crippen LogP contribution in [-0.2, 0) is 4.74 Å². The molecule has 1 aliphatic heterocycles. The smallest absolute Gasteiger partial charge is 0.409 e. The average molecular weight is 213 g/mol. The quantitative estimate of drug-likeness (QED) is 0.671. The summed E-state index contributed by atoms with van der Waals surface area (Å²) in [7, 11) is 1.47. The van der Waals surface area contributed by atoms with Crippen LogP contribution in [0.15, 0.2) is 0 Å². The Morgan fingerprint density at radius 3 is 2.87 bits per heavy atom. The van der Waals surface area contributed by atoms with Crippen molar-refractivity contribution < 1.29 is 9.53 Å². The van der Waals surface area contributed by atoms with Gasteiger partial charge in [0, 0.05) is 12.6 Å². The zero-order valence-electron chi connectivity index (χ0n) is 10.00. The third kappa shape index (κ3) is 3.73. The fraction of sp³-hybridized carbons (Fsp3) is 0.917. The minimum absolute atomic E-state index is 0.142. The second kappa shape index (κ2) is 6.70. The van der Waals surface area contributed by atoms with Crippen molar-refractivity contribution in [3.05, 3.63) is 0 Å². The van der Waals surface area contributed by atoms with Gasteiger partial charge in [0.1, 0.15) is 0 Å². The fourth-order valence-corrected chi connectivity index (χ4v) is 2.29. The van der Waals surface area contributed by atoms with E-state index < -0.39 is 0 Å². The SMILES string of the molecule is CCCCC[C@H]1CCCCN1C(=O)OC. The highest BCUT2D eigenvalue weighted by Crippen LogP contribution is 2.22. The number of carbonyl (C=O) groups excluding carboxylic acids is 1. The van der Waals surface area contributed by atoms with Gasteiger partial charge >= 0.3 is 6.09 Å². The highest BCUT2D eigenvalue weighted by atomic mass is 16.5. The van der Waals surface area contributed by atoms with Gasteiger partial charge in [0.2, 0.25) is 0 Å². The van der Waals surface area contributed by atoms with Gasteiger partial charge in [-0.15, -0.1) is 0 Å². The first-order valence-electron chi connectivity index (χ1n) is 6.14. The van der Waals surface area contributed by atoms with Crippen LogP contribution in [0.3, 0.4) is 0 Å². The summed E-state index contributed by atoms with van der Waals surface area (Å²) < 4.78 is 4.81. The molecule has 0 N–H and O–H groups in total. The first kappa shape index (κ1) is 12.3. The maximum absolute atomic E-state index is 11.5. The lowest BCUT2D eigenvalue weighted by atomic mass is 9.97. The number of piperidine rings is 1. The van der Waals surface area contributed by atoms with Gasteiger partial charge in [-0.2, -0.15) is 0 Å². The molecule has 0 spiro atoms. The van der Waals surface area contributed by atoms with Gasteiger partial charge in [0.15, 0.2) is 0 Å². The molecule has 0 radical (unpaired) electrons. The van der Waals surface area contributed by atoms with E-state index in [1.807, 2.05) is 4.90 Å². The van der Waals surface area contributed by atoms with Gasteiger partial charge in [0.25, 0.3) is 0 Å². The first-order chi connectivity index (χ1) is 7.29. The van der Waals surface area contributed by atoms with Crippen molar-refractivity contribution >= 4 is 6.09 Å². The van der Waals surface area contributed by atoms with Crippen molar-refractivity contribution in [2.24, 2.45) is 0 Å². The largest absolute Gasteiger partial charge is 0.453 e. The molecule has 0 aromatic rings. The van der Waals surface area contributed by atoms with Crippen molar-refractivity contribution in [1.82, 2.24) is 4.90 Å². The van der Waals surface area contributed by atoms with Crippen molar-refractivity contribution in [3.8, 4) is 0 Å². The summed E-state index contributed by atoms with van der Waals surface area (Å²) >= 11 is 0. The number of rotatable bonds is 4. The Morgan fingerprint density at radius 2 is 2.20 bits per heavy atom. The molecule has 1 heterocycles. The minimum Gasteiger partial charge on any atom is -0.453 e. The summed E-state index contributed by atoms with van der Waals surface area (Å²) in [5.41, 5.74) is 0. The lowest BCUT2D eigenvalue weighted by molar-refractivity contribution is 0.0861. The zero-order valence-corrected chi connectivity index (χ0v) is 10.00. The van der Waals surface area contributed by atoms with Gasteiger partial charge in [-0.1, -0.05) is 26.2 Å². The third-order valence-corrected chi connectivity index (χ3v) is 3.18. The predicted octanol–water partition coefficient (Wildman–Crippen LogP) is 3.19. The average Bonchev–Trinajstić information content (AvgIpc) is 2.29. The number of nitrogens with zero attached hydrogens (tertiary/aromatic N) is 1. The van der Waals surface area contributed by atoms with Crippen molar-refractivity contribution in [3.63, 3.8) is 0 Å². The monoisotopic (exact) mass is 213 g/mol. The topological polar surface area (TPSA) is 29.5 Å². The van der Waals surface area contributed by atoms with Crippen LogP contribution in [0.1, 0.15) is 51.9 Å². The lowest BCUT2D eigenvalue weighted by Gasteiger charge is -2.34. The predicted molar refractivity (Wildman–Crippen MR) is 60.9 cm³/mol. The lowest BCUT2D eigenvalue weighted by Crippen LogP contribution is -2.43. The van der Waals surface area contributed by atoms with Crippen LogP contribution in [0.25, 0.3) is 0 Å². The maximum Gasteiger partial charge on any atom is 0.409 e. The molecule has 1 fully saturated rings. The fourth-order valence-electron chi connectivity index (χ4n) is 2.29. The number of ether oxygens (including phenoxy) is 1. The third-order valence-electron chi connectivity index (χ3n) is 3.18. The van der Waals surface area contributed by atoms with E-state index in [4.69, 9.17) is 4.74 Å². The molecule has 0 unspecified atom stereocenters. The number of likely N-dealkylation sites (tertiary alicyclic amines) is 1. The second-order valence-corrected chi connectivity index (χ2v) is 4.31. The zero-order chi connectivity index (χ0) is 11.1. The van der Waals surface area contributed by atoms with Crippen molar-refractivity contribution in [2.45, 2.75) is 57.9 Å². The molecular weight excluding hydrogens is 190 g/mol.